The molecule has 0 radical (unpaired) electrons. The van der Waals surface area contributed by atoms with Crippen LogP contribution < -0.4 is 20.1 Å². The Bertz CT molecular complexity index is 884. The fourth-order valence-corrected chi connectivity index (χ4v) is 3.63. The zero-order valence-electron chi connectivity index (χ0n) is 18.2. The number of urea groups is 1. The van der Waals surface area contributed by atoms with Crippen LogP contribution in [0.25, 0.3) is 0 Å². The first-order valence-corrected chi connectivity index (χ1v) is 10.7. The molecule has 0 spiro atoms. The Labute approximate surface area is 184 Å². The van der Waals surface area contributed by atoms with E-state index in [2.05, 4.69) is 45.7 Å². The van der Waals surface area contributed by atoms with E-state index < -0.39 is 0 Å². The fraction of sp³-hybridized carbons (Fsp3) is 0.400. The number of carbonyl (C=O) groups excluding carboxylic acids is 1. The summed E-state index contributed by atoms with van der Waals surface area (Å²) in [5, 5.41) is 5.76. The highest BCUT2D eigenvalue weighted by Crippen LogP contribution is 2.28. The van der Waals surface area contributed by atoms with E-state index in [9.17, 15) is 4.79 Å². The maximum atomic E-state index is 12.2. The zero-order chi connectivity index (χ0) is 21.9. The molecular weight excluding hydrogens is 390 g/mol. The van der Waals surface area contributed by atoms with Crippen molar-refractivity contribution in [3.63, 3.8) is 0 Å². The van der Waals surface area contributed by atoms with Gasteiger partial charge in [-0.15, -0.1) is 6.42 Å². The summed E-state index contributed by atoms with van der Waals surface area (Å²) in [6, 6.07) is 13.7. The van der Waals surface area contributed by atoms with Crippen molar-refractivity contribution in [2.24, 2.45) is 0 Å². The molecule has 1 fully saturated rings. The Morgan fingerprint density at radius 1 is 0.968 bits per heavy atom. The molecule has 0 aromatic heterocycles. The summed E-state index contributed by atoms with van der Waals surface area (Å²) in [5.41, 5.74) is 3.29. The first-order chi connectivity index (χ1) is 15.2. The van der Waals surface area contributed by atoms with Crippen LogP contribution in [0.2, 0.25) is 0 Å². The lowest BCUT2D eigenvalue weighted by Gasteiger charge is -2.26. The predicted molar refractivity (Wildman–Crippen MR) is 122 cm³/mol. The van der Waals surface area contributed by atoms with Gasteiger partial charge >= 0.3 is 6.03 Å². The number of carbonyl (C=O) groups is 1. The number of nitrogens with one attached hydrogen (secondary N) is 2. The number of nitrogens with zero attached hydrogens (tertiary/aromatic N) is 1. The minimum Gasteiger partial charge on any atom is -0.493 e. The van der Waals surface area contributed by atoms with Crippen LogP contribution in [0.5, 0.6) is 11.5 Å². The van der Waals surface area contributed by atoms with Crippen molar-refractivity contribution in [1.82, 2.24) is 15.5 Å². The van der Waals surface area contributed by atoms with E-state index in [1.165, 1.54) is 37.9 Å². The number of likely N-dealkylation sites (tertiary alicyclic amines) is 1. The largest absolute Gasteiger partial charge is 0.493 e. The normalized spacial score (nSPS) is 13.8. The number of hydrogen-bond acceptors (Lipinski definition) is 4. The predicted octanol–water partition coefficient (Wildman–Crippen LogP) is 3.69. The maximum Gasteiger partial charge on any atom is 0.315 e. The number of methoxy groups -OCH3 is 1. The molecule has 1 saturated heterocycles. The van der Waals surface area contributed by atoms with Crippen LogP contribution in [0.3, 0.4) is 0 Å². The highest BCUT2D eigenvalue weighted by Gasteiger charge is 2.10. The van der Waals surface area contributed by atoms with E-state index in [0.29, 0.717) is 24.6 Å². The second kappa shape index (κ2) is 11.9. The van der Waals surface area contributed by atoms with Gasteiger partial charge in [0.25, 0.3) is 0 Å². The Morgan fingerprint density at radius 3 is 2.29 bits per heavy atom. The number of benzene rings is 2. The molecule has 0 atom stereocenters. The Morgan fingerprint density at radius 2 is 1.61 bits per heavy atom. The topological polar surface area (TPSA) is 62.8 Å². The molecule has 6 heteroatoms. The van der Waals surface area contributed by atoms with Crippen LogP contribution in [0.4, 0.5) is 4.79 Å². The van der Waals surface area contributed by atoms with Crippen molar-refractivity contribution < 1.29 is 14.3 Å². The molecule has 2 aromatic carbocycles. The summed E-state index contributed by atoms with van der Waals surface area (Å²) in [4.78, 5) is 14.7. The number of amides is 2. The van der Waals surface area contributed by atoms with Crippen LogP contribution in [0.1, 0.15) is 36.0 Å². The van der Waals surface area contributed by atoms with E-state index in [1.807, 2.05) is 12.1 Å². The Hall–Kier alpha value is -3.17. The number of terminal acetylenes is 1. The number of ether oxygens (including phenoxy) is 2. The van der Waals surface area contributed by atoms with Gasteiger partial charge in [-0.25, -0.2) is 4.79 Å². The summed E-state index contributed by atoms with van der Waals surface area (Å²) < 4.78 is 10.8. The molecule has 0 saturated carbocycles. The standard InChI is InChI=1S/C25H31N3O3/c1-3-15-31-24-16-22(11-12-23(24)30-2)18-27-25(29)26-17-20-7-9-21(10-8-20)19-28-13-5-4-6-14-28/h1,7-12,16H,4-6,13-15,17-19H2,2H3,(H2,26,27,29). The quantitative estimate of drug-likeness (QED) is 0.606. The van der Waals surface area contributed by atoms with Crippen molar-refractivity contribution in [3.05, 3.63) is 59.2 Å². The fourth-order valence-electron chi connectivity index (χ4n) is 3.63. The first kappa shape index (κ1) is 22.5. The van der Waals surface area contributed by atoms with Crippen LogP contribution >= 0.6 is 0 Å². The smallest absolute Gasteiger partial charge is 0.315 e. The highest BCUT2D eigenvalue weighted by atomic mass is 16.5. The van der Waals surface area contributed by atoms with Crippen molar-refractivity contribution in [3.8, 4) is 23.8 Å². The summed E-state index contributed by atoms with van der Waals surface area (Å²) in [7, 11) is 1.57. The lowest BCUT2D eigenvalue weighted by atomic mass is 10.1. The summed E-state index contributed by atoms with van der Waals surface area (Å²) in [6.45, 7) is 4.39. The maximum absolute atomic E-state index is 12.2. The molecule has 2 amide bonds. The van der Waals surface area contributed by atoms with Gasteiger partial charge in [0.2, 0.25) is 0 Å². The molecule has 0 unspecified atom stereocenters. The molecule has 1 aliphatic heterocycles. The van der Waals surface area contributed by atoms with E-state index in [0.717, 1.165) is 17.7 Å². The van der Waals surface area contributed by atoms with Gasteiger partial charge < -0.3 is 20.1 Å². The van der Waals surface area contributed by atoms with E-state index in [-0.39, 0.29) is 12.6 Å². The van der Waals surface area contributed by atoms with Crippen molar-refractivity contribution >= 4 is 6.03 Å². The zero-order valence-corrected chi connectivity index (χ0v) is 18.2. The molecule has 3 rings (SSSR count). The van der Waals surface area contributed by atoms with Crippen LogP contribution in [-0.4, -0.2) is 37.7 Å². The summed E-state index contributed by atoms with van der Waals surface area (Å²) >= 11 is 0. The van der Waals surface area contributed by atoms with Gasteiger partial charge in [-0.3, -0.25) is 4.90 Å². The third-order valence-corrected chi connectivity index (χ3v) is 5.32. The van der Waals surface area contributed by atoms with Crippen molar-refractivity contribution in [2.45, 2.75) is 38.9 Å². The molecule has 0 bridgehead atoms. The van der Waals surface area contributed by atoms with Gasteiger partial charge in [-0.2, -0.15) is 0 Å². The second-order valence-electron chi connectivity index (χ2n) is 7.67. The monoisotopic (exact) mass is 421 g/mol. The number of rotatable bonds is 9. The molecule has 31 heavy (non-hydrogen) atoms. The SMILES string of the molecule is C#CCOc1cc(CNC(=O)NCc2ccc(CN3CCCCC3)cc2)ccc1OC. The van der Waals surface area contributed by atoms with E-state index >= 15 is 0 Å². The van der Waals surface area contributed by atoms with Crippen molar-refractivity contribution in [1.29, 1.82) is 0 Å². The Balaban J connectivity index is 1.43. The summed E-state index contributed by atoms with van der Waals surface area (Å²) in [5.74, 6) is 3.60. The third-order valence-electron chi connectivity index (χ3n) is 5.32. The lowest BCUT2D eigenvalue weighted by Crippen LogP contribution is -2.34. The van der Waals surface area contributed by atoms with Crippen LogP contribution in [0.15, 0.2) is 42.5 Å². The average Bonchev–Trinajstić information content (AvgIpc) is 2.81. The Kier molecular flexibility index (Phi) is 8.62. The molecule has 2 N–H and O–H groups in total. The highest BCUT2D eigenvalue weighted by molar-refractivity contribution is 5.73. The van der Waals surface area contributed by atoms with Gasteiger partial charge in [0.1, 0.15) is 6.61 Å². The van der Waals surface area contributed by atoms with Gasteiger partial charge in [0.05, 0.1) is 7.11 Å². The average molecular weight is 422 g/mol. The van der Waals surface area contributed by atoms with E-state index in [1.54, 1.807) is 13.2 Å². The summed E-state index contributed by atoms with van der Waals surface area (Å²) in [6.07, 6.45) is 9.20. The lowest BCUT2D eigenvalue weighted by molar-refractivity contribution is 0.221. The molecule has 1 heterocycles. The van der Waals surface area contributed by atoms with Gasteiger partial charge in [0.15, 0.2) is 11.5 Å². The number of hydrogen-bond donors (Lipinski definition) is 2. The van der Waals surface area contributed by atoms with Crippen molar-refractivity contribution in [2.75, 3.05) is 26.8 Å². The molecular formula is C25H31N3O3. The third kappa shape index (κ3) is 7.23. The van der Waals surface area contributed by atoms with Gasteiger partial charge in [-0.05, 0) is 54.8 Å². The first-order valence-electron chi connectivity index (χ1n) is 10.7. The van der Waals surface area contributed by atoms with Crippen LogP contribution in [-0.2, 0) is 19.6 Å². The molecule has 2 aromatic rings. The van der Waals surface area contributed by atoms with Gasteiger partial charge in [0, 0.05) is 19.6 Å². The van der Waals surface area contributed by atoms with E-state index in [4.69, 9.17) is 15.9 Å². The van der Waals surface area contributed by atoms with Crippen LogP contribution in [0, 0.1) is 12.3 Å². The molecule has 6 nitrogen and oxygen atoms in total. The molecule has 164 valence electrons. The minimum absolute atomic E-state index is 0.157. The molecule has 1 aliphatic rings. The molecule has 0 aliphatic carbocycles. The number of piperidine rings is 1. The minimum atomic E-state index is -0.223. The second-order valence-corrected chi connectivity index (χ2v) is 7.67. The van der Waals surface area contributed by atoms with Gasteiger partial charge in [-0.1, -0.05) is 42.7 Å².